The van der Waals surface area contributed by atoms with Crippen molar-refractivity contribution >= 4 is 6.29 Å². The minimum atomic E-state index is 0. The Morgan fingerprint density at radius 3 is 2.33 bits per heavy atom. The van der Waals surface area contributed by atoms with Gasteiger partial charge >= 0.3 is 58.2 Å². The summed E-state index contributed by atoms with van der Waals surface area (Å²) in [6.07, 6.45) is 0.764. The number of likely N-dealkylation sites (N-methyl/N-ethyl adjacent to an activating group) is 1. The van der Waals surface area contributed by atoms with Crippen LogP contribution in [0.15, 0.2) is 0 Å². The molecule has 0 aliphatic rings. The second-order valence-electron chi connectivity index (χ2n) is 0.665. The number of hydrogen-bond acceptors (Lipinski definition) is 1. The van der Waals surface area contributed by atoms with E-state index in [1.165, 1.54) is 0 Å². The maximum absolute atomic E-state index is 9.31. The summed E-state index contributed by atoms with van der Waals surface area (Å²) in [4.78, 5) is 9.31. The van der Waals surface area contributed by atoms with Crippen LogP contribution in [0.2, 0.25) is 0 Å². The summed E-state index contributed by atoms with van der Waals surface area (Å²) in [5.74, 6) is 0. The predicted molar refractivity (Wildman–Crippen MR) is 20.2 cm³/mol. The number of carbonyl (C=O) groups is 1. The Morgan fingerprint density at radius 2 is 2.33 bits per heavy atom. The van der Waals surface area contributed by atoms with Gasteiger partial charge in [0, 0.05) is 0 Å². The van der Waals surface area contributed by atoms with Crippen LogP contribution < -0.4 is 58.2 Å². The Balaban J connectivity index is 0. The zero-order valence-electron chi connectivity index (χ0n) is 4.14. The molecule has 0 rings (SSSR count). The molecule has 0 fully saturated rings. The van der Waals surface area contributed by atoms with Crippen LogP contribution in [0.3, 0.4) is 0 Å². The van der Waals surface area contributed by atoms with Crippen LogP contribution in [0.4, 0.5) is 0 Å². The molecule has 0 unspecified atom stereocenters. The molecule has 30 valence electrons. The molecule has 0 spiro atoms. The van der Waals surface area contributed by atoms with Crippen molar-refractivity contribution in [1.29, 1.82) is 0 Å². The third kappa shape index (κ3) is 9.06. The molecule has 0 radical (unpaired) electrons. The van der Waals surface area contributed by atoms with E-state index in [2.05, 4.69) is 5.32 Å². The quantitative estimate of drug-likeness (QED) is 0.399. The second-order valence-corrected chi connectivity index (χ2v) is 0.665. The fraction of sp³-hybridized carbons (Fsp3) is 0.667. The zero-order valence-corrected chi connectivity index (χ0v) is 9.06. The van der Waals surface area contributed by atoms with E-state index in [1.807, 2.05) is 0 Å². The van der Waals surface area contributed by atoms with Gasteiger partial charge in [0.1, 0.15) is 0 Å². The smallest absolute Gasteiger partial charge is 0.659 e. The molecule has 0 saturated heterocycles. The maximum atomic E-state index is 9.31. The molecule has 0 aromatic carbocycles. The monoisotopic (exact) mass is 157 g/mol. The average molecular weight is 158 g/mol. The molecular weight excluding hydrogens is 152 g/mol. The van der Waals surface area contributed by atoms with E-state index >= 15 is 0 Å². The van der Waals surface area contributed by atoms with Crippen LogP contribution in [-0.2, 0) is 4.79 Å². The predicted octanol–water partition coefficient (Wildman–Crippen LogP) is -2.81. The van der Waals surface area contributed by atoms with Crippen molar-refractivity contribution in [3.8, 4) is 0 Å². The summed E-state index contributed by atoms with van der Waals surface area (Å²) in [5.41, 5.74) is 0. The molecule has 0 atom stereocenters. The van der Waals surface area contributed by atoms with Gasteiger partial charge in [0.05, 0.1) is 6.29 Å². The Labute approximate surface area is 86.5 Å². The molecule has 0 saturated carbocycles. The number of nitrogens with zero attached hydrogens (tertiary/aromatic N) is 1. The Kier molecular flexibility index (Phi) is 16.8. The van der Waals surface area contributed by atoms with E-state index in [0.717, 1.165) is 6.29 Å². The molecule has 0 heterocycles. The van der Waals surface area contributed by atoms with Crippen LogP contribution in [-0.4, -0.2) is 19.9 Å². The second kappa shape index (κ2) is 9.66. The summed E-state index contributed by atoms with van der Waals surface area (Å²) in [6, 6.07) is 0. The molecule has 0 aliphatic carbocycles. The van der Waals surface area contributed by atoms with E-state index in [-0.39, 0.29) is 58.2 Å². The van der Waals surface area contributed by atoms with Crippen molar-refractivity contribution in [1.82, 2.24) is 0 Å². The van der Waals surface area contributed by atoms with Crippen LogP contribution in [0.1, 0.15) is 0 Å². The van der Waals surface area contributed by atoms with E-state index in [0.29, 0.717) is 6.54 Å². The zero-order chi connectivity index (χ0) is 4.12. The SMILES string of the molecule is C[N-]CC=O.[Rb+]. The van der Waals surface area contributed by atoms with Crippen molar-refractivity contribution in [3.63, 3.8) is 0 Å². The molecule has 0 bridgehead atoms. The Hall–Kier alpha value is 1.44. The minimum Gasteiger partial charge on any atom is -0.659 e. The molecule has 0 N–H and O–H groups in total. The van der Waals surface area contributed by atoms with Gasteiger partial charge in [-0.1, -0.05) is 6.54 Å². The largest absolute Gasteiger partial charge is 1.00 e. The topological polar surface area (TPSA) is 31.2 Å². The van der Waals surface area contributed by atoms with Crippen LogP contribution in [0.5, 0.6) is 0 Å². The van der Waals surface area contributed by atoms with Crippen LogP contribution in [0, 0.1) is 0 Å². The van der Waals surface area contributed by atoms with E-state index in [4.69, 9.17) is 0 Å². The molecule has 2 nitrogen and oxygen atoms in total. The van der Waals surface area contributed by atoms with E-state index < -0.39 is 0 Å². The van der Waals surface area contributed by atoms with Gasteiger partial charge in [0.15, 0.2) is 0 Å². The Morgan fingerprint density at radius 1 is 1.83 bits per heavy atom. The third-order valence-electron chi connectivity index (χ3n) is 0.257. The van der Waals surface area contributed by atoms with Gasteiger partial charge in [0.2, 0.25) is 0 Å². The van der Waals surface area contributed by atoms with Crippen molar-refractivity contribution in [2.75, 3.05) is 13.6 Å². The molecule has 0 aromatic heterocycles. The van der Waals surface area contributed by atoms with Gasteiger partial charge in [-0.3, -0.25) is 0 Å². The molecule has 0 aromatic rings. The van der Waals surface area contributed by atoms with Gasteiger partial charge in [-0.05, 0) is 0 Å². The fourth-order valence-electron chi connectivity index (χ4n) is 0.0745. The maximum Gasteiger partial charge on any atom is 1.00 e. The minimum absolute atomic E-state index is 0. The normalized spacial score (nSPS) is 6.17. The summed E-state index contributed by atoms with van der Waals surface area (Å²) in [7, 11) is 1.61. The van der Waals surface area contributed by atoms with E-state index in [1.54, 1.807) is 7.05 Å². The van der Waals surface area contributed by atoms with Crippen molar-refractivity contribution in [3.05, 3.63) is 5.32 Å². The first-order valence-electron chi connectivity index (χ1n) is 1.41. The molecular formula is C3H6NORb. The average Bonchev–Trinajstić information content (AvgIpc) is 1.41. The summed E-state index contributed by atoms with van der Waals surface area (Å²) >= 11 is 0. The first-order chi connectivity index (χ1) is 2.41. The van der Waals surface area contributed by atoms with Gasteiger partial charge in [-0.2, -0.15) is 7.05 Å². The van der Waals surface area contributed by atoms with Crippen molar-refractivity contribution in [2.24, 2.45) is 0 Å². The van der Waals surface area contributed by atoms with Gasteiger partial charge in [-0.15, -0.1) is 0 Å². The van der Waals surface area contributed by atoms with Crippen LogP contribution in [0.25, 0.3) is 5.32 Å². The van der Waals surface area contributed by atoms with Crippen molar-refractivity contribution < 1.29 is 63.0 Å². The van der Waals surface area contributed by atoms with Gasteiger partial charge < -0.3 is 10.1 Å². The van der Waals surface area contributed by atoms with Gasteiger partial charge in [0.25, 0.3) is 0 Å². The molecule has 6 heavy (non-hydrogen) atoms. The first-order valence-corrected chi connectivity index (χ1v) is 1.41. The fourth-order valence-corrected chi connectivity index (χ4v) is 0.0745. The van der Waals surface area contributed by atoms with Crippen molar-refractivity contribution in [2.45, 2.75) is 0 Å². The first kappa shape index (κ1) is 10.4. The summed E-state index contributed by atoms with van der Waals surface area (Å²) in [5, 5.41) is 3.49. The molecule has 0 amide bonds. The Bertz CT molecular complexity index is 32.0. The number of rotatable bonds is 2. The number of carbonyl (C=O) groups excluding carboxylic acids is 1. The summed E-state index contributed by atoms with van der Waals surface area (Å²) < 4.78 is 0. The van der Waals surface area contributed by atoms with E-state index in [9.17, 15) is 4.79 Å². The summed E-state index contributed by atoms with van der Waals surface area (Å²) in [6.45, 7) is 0.333. The molecule has 3 heteroatoms. The standard InChI is InChI=1S/C3H6NO.Rb/c1-4-2-3-5;/h3H,2H2,1H3;/q-1;+1. The number of aldehydes is 1. The van der Waals surface area contributed by atoms with Crippen LogP contribution >= 0.6 is 0 Å². The number of hydrogen-bond donors (Lipinski definition) is 0. The van der Waals surface area contributed by atoms with Gasteiger partial charge in [-0.25, -0.2) is 0 Å². The molecule has 0 aliphatic heterocycles. The third-order valence-corrected chi connectivity index (χ3v) is 0.257.